The molecular weight excluding hydrogens is 192 g/mol. The van der Waals surface area contributed by atoms with E-state index in [1.54, 1.807) is 6.26 Å². The van der Waals surface area contributed by atoms with Crippen molar-refractivity contribution in [2.24, 2.45) is 11.8 Å². The lowest BCUT2D eigenvalue weighted by Crippen LogP contribution is -2.36. The van der Waals surface area contributed by atoms with Gasteiger partial charge in [0.15, 0.2) is 0 Å². The van der Waals surface area contributed by atoms with E-state index in [9.17, 15) is 0 Å². The number of nitrogens with two attached hydrogens (primary N) is 1. The zero-order chi connectivity index (χ0) is 10.7. The molecule has 1 aliphatic heterocycles. The first-order valence-corrected chi connectivity index (χ1v) is 5.48. The Morgan fingerprint density at radius 1 is 1.67 bits per heavy atom. The zero-order valence-corrected chi connectivity index (χ0v) is 8.98. The largest absolute Gasteiger partial charge is 0.468 e. The van der Waals surface area contributed by atoms with E-state index in [-0.39, 0.29) is 12.1 Å². The molecule has 3 unspecified atom stereocenters. The molecule has 1 fully saturated rings. The third kappa shape index (κ3) is 2.07. The lowest BCUT2D eigenvalue weighted by molar-refractivity contribution is 0.0747. The van der Waals surface area contributed by atoms with Gasteiger partial charge in [-0.2, -0.15) is 0 Å². The van der Waals surface area contributed by atoms with E-state index < -0.39 is 0 Å². The zero-order valence-electron chi connectivity index (χ0n) is 8.98. The average Bonchev–Trinajstić information content (AvgIpc) is 2.89. The fourth-order valence-electron chi connectivity index (χ4n) is 2.35. The summed E-state index contributed by atoms with van der Waals surface area (Å²) in [6.07, 6.45) is 4.02. The molecule has 1 aromatic heterocycles. The van der Waals surface area contributed by atoms with Crippen LogP contribution in [-0.4, -0.2) is 12.7 Å². The third-order valence-corrected chi connectivity index (χ3v) is 3.12. The smallest absolute Gasteiger partial charge is 0.122 e. The summed E-state index contributed by atoms with van der Waals surface area (Å²) in [5, 5.41) is 0. The van der Waals surface area contributed by atoms with Gasteiger partial charge in [-0.15, -0.1) is 0 Å². The second kappa shape index (κ2) is 4.79. The first-order valence-electron chi connectivity index (χ1n) is 5.48. The van der Waals surface area contributed by atoms with E-state index in [0.29, 0.717) is 5.92 Å². The standard InChI is InChI=1S/C11H18N2O2/c1-2-9-8(5-7-15-9)11(13-12)10-4-3-6-14-10/h3-4,6,8-9,11,13H,2,5,7,12H2,1H3. The molecule has 3 N–H and O–H groups in total. The number of rotatable bonds is 4. The average molecular weight is 210 g/mol. The van der Waals surface area contributed by atoms with Crippen LogP contribution in [0.3, 0.4) is 0 Å². The Kier molecular flexibility index (Phi) is 3.41. The number of hydrogen-bond acceptors (Lipinski definition) is 4. The quantitative estimate of drug-likeness (QED) is 0.585. The van der Waals surface area contributed by atoms with Crippen LogP contribution < -0.4 is 11.3 Å². The Labute approximate surface area is 89.7 Å². The fourth-order valence-corrected chi connectivity index (χ4v) is 2.35. The van der Waals surface area contributed by atoms with Gasteiger partial charge in [0.25, 0.3) is 0 Å². The fraction of sp³-hybridized carbons (Fsp3) is 0.636. The minimum atomic E-state index is 0.0625. The van der Waals surface area contributed by atoms with Crippen molar-refractivity contribution in [3.8, 4) is 0 Å². The molecule has 0 aromatic carbocycles. The second-order valence-corrected chi connectivity index (χ2v) is 3.93. The minimum Gasteiger partial charge on any atom is -0.468 e. The molecular formula is C11H18N2O2. The maximum atomic E-state index is 5.66. The van der Waals surface area contributed by atoms with Crippen molar-refractivity contribution in [3.63, 3.8) is 0 Å². The number of hydrazine groups is 1. The molecule has 3 atom stereocenters. The second-order valence-electron chi connectivity index (χ2n) is 3.93. The highest BCUT2D eigenvalue weighted by atomic mass is 16.5. The van der Waals surface area contributed by atoms with E-state index in [1.807, 2.05) is 12.1 Å². The van der Waals surface area contributed by atoms with Crippen LogP contribution in [0.5, 0.6) is 0 Å². The maximum Gasteiger partial charge on any atom is 0.122 e. The molecule has 2 rings (SSSR count). The predicted molar refractivity (Wildman–Crippen MR) is 56.9 cm³/mol. The molecule has 0 aliphatic carbocycles. The number of hydrogen-bond donors (Lipinski definition) is 2. The molecule has 84 valence electrons. The van der Waals surface area contributed by atoms with Gasteiger partial charge in [-0.05, 0) is 25.0 Å². The van der Waals surface area contributed by atoms with Gasteiger partial charge in [-0.1, -0.05) is 6.92 Å². The first-order chi connectivity index (χ1) is 7.36. The van der Waals surface area contributed by atoms with Crippen LogP contribution >= 0.6 is 0 Å². The molecule has 1 aromatic rings. The molecule has 1 aliphatic rings. The van der Waals surface area contributed by atoms with Gasteiger partial charge in [0.1, 0.15) is 5.76 Å². The van der Waals surface area contributed by atoms with E-state index in [0.717, 1.165) is 25.2 Å². The van der Waals surface area contributed by atoms with Gasteiger partial charge in [0.05, 0.1) is 18.4 Å². The summed E-state index contributed by atoms with van der Waals surface area (Å²) >= 11 is 0. The third-order valence-electron chi connectivity index (χ3n) is 3.12. The van der Waals surface area contributed by atoms with E-state index in [1.165, 1.54) is 0 Å². The van der Waals surface area contributed by atoms with Gasteiger partial charge >= 0.3 is 0 Å². The van der Waals surface area contributed by atoms with Crippen molar-refractivity contribution in [1.82, 2.24) is 5.43 Å². The molecule has 0 saturated carbocycles. The maximum absolute atomic E-state index is 5.66. The Morgan fingerprint density at radius 3 is 3.13 bits per heavy atom. The first kappa shape index (κ1) is 10.7. The Balaban J connectivity index is 2.12. The summed E-state index contributed by atoms with van der Waals surface area (Å²) in [4.78, 5) is 0. The molecule has 4 heteroatoms. The summed E-state index contributed by atoms with van der Waals surface area (Å²) in [5.74, 6) is 6.90. The molecule has 0 amide bonds. The Bertz CT molecular complexity index is 287. The topological polar surface area (TPSA) is 60.4 Å². The highest BCUT2D eigenvalue weighted by Gasteiger charge is 2.35. The summed E-state index contributed by atoms with van der Waals surface area (Å²) in [5.41, 5.74) is 2.84. The lowest BCUT2D eigenvalue weighted by Gasteiger charge is -2.24. The molecule has 1 saturated heterocycles. The van der Waals surface area contributed by atoms with E-state index in [2.05, 4.69) is 12.3 Å². The predicted octanol–water partition coefficient (Wildman–Crippen LogP) is 1.60. The summed E-state index contributed by atoms with van der Waals surface area (Å²) < 4.78 is 11.1. The van der Waals surface area contributed by atoms with Crippen molar-refractivity contribution < 1.29 is 9.15 Å². The summed E-state index contributed by atoms with van der Waals surface area (Å²) in [6.45, 7) is 2.96. The van der Waals surface area contributed by atoms with Crippen LogP contribution in [-0.2, 0) is 4.74 Å². The minimum absolute atomic E-state index is 0.0625. The van der Waals surface area contributed by atoms with Crippen molar-refractivity contribution in [2.45, 2.75) is 31.9 Å². The van der Waals surface area contributed by atoms with Crippen LogP contribution in [0.4, 0.5) is 0 Å². The molecule has 15 heavy (non-hydrogen) atoms. The Morgan fingerprint density at radius 2 is 2.53 bits per heavy atom. The molecule has 2 heterocycles. The van der Waals surface area contributed by atoms with Crippen LogP contribution in [0.25, 0.3) is 0 Å². The number of ether oxygens (including phenoxy) is 1. The van der Waals surface area contributed by atoms with E-state index >= 15 is 0 Å². The molecule has 0 bridgehead atoms. The molecule has 0 spiro atoms. The monoisotopic (exact) mass is 210 g/mol. The van der Waals surface area contributed by atoms with Gasteiger partial charge in [0.2, 0.25) is 0 Å². The normalized spacial score (nSPS) is 28.1. The Hall–Kier alpha value is -0.840. The van der Waals surface area contributed by atoms with Gasteiger partial charge in [0, 0.05) is 12.5 Å². The summed E-state index contributed by atoms with van der Waals surface area (Å²) in [7, 11) is 0. The SMILES string of the molecule is CCC1OCCC1C(NN)c1ccco1. The van der Waals surface area contributed by atoms with Crippen LogP contribution in [0.2, 0.25) is 0 Å². The lowest BCUT2D eigenvalue weighted by atomic mass is 9.90. The van der Waals surface area contributed by atoms with E-state index in [4.69, 9.17) is 15.0 Å². The summed E-state index contributed by atoms with van der Waals surface area (Å²) in [6, 6.07) is 3.90. The van der Waals surface area contributed by atoms with Crippen LogP contribution in [0.15, 0.2) is 22.8 Å². The van der Waals surface area contributed by atoms with Crippen molar-refractivity contribution >= 4 is 0 Å². The van der Waals surface area contributed by atoms with Gasteiger partial charge in [-0.3, -0.25) is 5.84 Å². The van der Waals surface area contributed by atoms with Crippen molar-refractivity contribution in [2.75, 3.05) is 6.61 Å². The van der Waals surface area contributed by atoms with Gasteiger partial charge < -0.3 is 9.15 Å². The van der Waals surface area contributed by atoms with Crippen molar-refractivity contribution in [1.29, 1.82) is 0 Å². The van der Waals surface area contributed by atoms with Crippen molar-refractivity contribution in [3.05, 3.63) is 24.2 Å². The molecule has 4 nitrogen and oxygen atoms in total. The highest BCUT2D eigenvalue weighted by molar-refractivity contribution is 5.07. The van der Waals surface area contributed by atoms with Crippen LogP contribution in [0, 0.1) is 5.92 Å². The highest BCUT2D eigenvalue weighted by Crippen LogP contribution is 2.34. The number of nitrogens with one attached hydrogen (secondary N) is 1. The van der Waals surface area contributed by atoms with Crippen LogP contribution in [0.1, 0.15) is 31.6 Å². The van der Waals surface area contributed by atoms with Gasteiger partial charge in [-0.25, -0.2) is 5.43 Å². The number of furan rings is 1. The molecule has 0 radical (unpaired) electrons.